The molecule has 4 amide bonds. The minimum absolute atomic E-state index is 0.395. The van der Waals surface area contributed by atoms with E-state index in [1.165, 1.54) is 7.11 Å². The topological polar surface area (TPSA) is 101 Å². The van der Waals surface area contributed by atoms with E-state index in [0.29, 0.717) is 29.9 Å². The molecular formula is C26H21N3O5. The van der Waals surface area contributed by atoms with Crippen LogP contribution in [0.4, 0.5) is 10.5 Å². The number of nitrogens with one attached hydrogen (secondary N) is 2. The second kappa shape index (κ2) is 7.34. The summed E-state index contributed by atoms with van der Waals surface area (Å²) in [5.41, 5.74) is 2.45. The lowest BCUT2D eigenvalue weighted by molar-refractivity contribution is -0.134. The number of aryl methyl sites for hydroxylation is 1. The van der Waals surface area contributed by atoms with Gasteiger partial charge in [0.15, 0.2) is 0 Å². The van der Waals surface area contributed by atoms with Gasteiger partial charge >= 0.3 is 6.03 Å². The molecular weight excluding hydrogens is 434 g/mol. The SMILES string of the molecule is COc1cc2c(cc1NC(=O)CN1C(=O)N[C@]3(CCc4ccccc43)C1=O)oc1ccccc12. The number of methoxy groups -OCH3 is 1. The normalized spacial score (nSPS) is 19.1. The summed E-state index contributed by atoms with van der Waals surface area (Å²) in [6.45, 7) is -0.407. The summed E-state index contributed by atoms with van der Waals surface area (Å²) >= 11 is 0. The van der Waals surface area contributed by atoms with Crippen LogP contribution in [0.2, 0.25) is 0 Å². The molecule has 1 aliphatic heterocycles. The van der Waals surface area contributed by atoms with Gasteiger partial charge in [0.05, 0.1) is 12.8 Å². The smallest absolute Gasteiger partial charge is 0.325 e. The predicted octanol–water partition coefficient (Wildman–Crippen LogP) is 3.93. The van der Waals surface area contributed by atoms with Gasteiger partial charge in [-0.05, 0) is 36.1 Å². The standard InChI is InChI=1S/C26H21N3O5/c1-33-22-12-17-16-7-3-5-9-20(16)34-21(17)13-19(22)27-23(30)14-29-24(31)26(28-25(29)32)11-10-15-6-2-4-8-18(15)26/h2-9,12-13H,10-11,14H2,1H3,(H,27,30)(H,28,32)/t26-/m0/s1. The molecule has 0 radical (unpaired) electrons. The van der Waals surface area contributed by atoms with Crippen LogP contribution in [0, 0.1) is 0 Å². The lowest BCUT2D eigenvalue weighted by Crippen LogP contribution is -2.43. The average Bonchev–Trinajstić information content (AvgIpc) is 3.47. The number of urea groups is 1. The van der Waals surface area contributed by atoms with Crippen LogP contribution in [0.3, 0.4) is 0 Å². The van der Waals surface area contributed by atoms with Crippen LogP contribution < -0.4 is 15.4 Å². The number of anilines is 1. The first-order valence-corrected chi connectivity index (χ1v) is 11.0. The highest BCUT2D eigenvalue weighted by atomic mass is 16.5. The molecule has 0 saturated carbocycles. The third kappa shape index (κ3) is 2.88. The number of hydrogen-bond acceptors (Lipinski definition) is 5. The molecule has 6 rings (SSSR count). The summed E-state index contributed by atoms with van der Waals surface area (Å²) in [6.07, 6.45) is 1.17. The monoisotopic (exact) mass is 455 g/mol. The Balaban J connectivity index is 1.26. The molecule has 2 aliphatic rings. The van der Waals surface area contributed by atoms with E-state index in [9.17, 15) is 14.4 Å². The number of amides is 4. The molecule has 8 nitrogen and oxygen atoms in total. The number of benzene rings is 3. The highest BCUT2D eigenvalue weighted by molar-refractivity contribution is 6.12. The van der Waals surface area contributed by atoms with Crippen molar-refractivity contribution in [3.63, 3.8) is 0 Å². The minimum Gasteiger partial charge on any atom is -0.495 e. The Morgan fingerprint density at radius 1 is 1.09 bits per heavy atom. The Labute approximate surface area is 194 Å². The number of carbonyl (C=O) groups excluding carboxylic acids is 3. The van der Waals surface area contributed by atoms with Crippen LogP contribution in [0.5, 0.6) is 5.75 Å². The lowest BCUT2D eigenvalue weighted by atomic mass is 9.92. The first kappa shape index (κ1) is 20.3. The summed E-state index contributed by atoms with van der Waals surface area (Å²) in [5, 5.41) is 7.40. The van der Waals surface area contributed by atoms with Crippen molar-refractivity contribution < 1.29 is 23.5 Å². The minimum atomic E-state index is -1.10. The number of ether oxygens (including phenoxy) is 1. The van der Waals surface area contributed by atoms with Gasteiger partial charge in [-0.3, -0.25) is 14.5 Å². The summed E-state index contributed by atoms with van der Waals surface area (Å²) in [6, 6.07) is 18.1. The number of fused-ring (bicyclic) bond motifs is 5. The Kier molecular flexibility index (Phi) is 4.38. The first-order chi connectivity index (χ1) is 16.5. The molecule has 34 heavy (non-hydrogen) atoms. The van der Waals surface area contributed by atoms with Crippen LogP contribution in [0.15, 0.2) is 65.1 Å². The Hall–Kier alpha value is -4.33. The van der Waals surface area contributed by atoms with Crippen molar-refractivity contribution in [1.82, 2.24) is 10.2 Å². The average molecular weight is 455 g/mol. The van der Waals surface area contributed by atoms with Gasteiger partial charge in [0, 0.05) is 16.8 Å². The molecule has 170 valence electrons. The highest BCUT2D eigenvalue weighted by Gasteiger charge is 2.55. The van der Waals surface area contributed by atoms with Crippen molar-refractivity contribution in [2.75, 3.05) is 19.0 Å². The maximum atomic E-state index is 13.3. The quantitative estimate of drug-likeness (QED) is 0.454. The van der Waals surface area contributed by atoms with Crippen LogP contribution >= 0.6 is 0 Å². The Morgan fingerprint density at radius 2 is 1.88 bits per heavy atom. The van der Waals surface area contributed by atoms with Crippen molar-refractivity contribution >= 4 is 45.5 Å². The Morgan fingerprint density at radius 3 is 2.74 bits per heavy atom. The van der Waals surface area contributed by atoms with E-state index >= 15 is 0 Å². The van der Waals surface area contributed by atoms with Gasteiger partial charge in [0.2, 0.25) is 5.91 Å². The maximum Gasteiger partial charge on any atom is 0.325 e. The van der Waals surface area contributed by atoms with Gasteiger partial charge in [-0.2, -0.15) is 0 Å². The van der Waals surface area contributed by atoms with Gasteiger partial charge in [0.25, 0.3) is 5.91 Å². The summed E-state index contributed by atoms with van der Waals surface area (Å²) < 4.78 is 11.4. The number of carbonyl (C=O) groups is 3. The second-order valence-electron chi connectivity index (χ2n) is 8.58. The number of furan rings is 1. The van der Waals surface area contributed by atoms with Gasteiger partial charge < -0.3 is 19.8 Å². The second-order valence-corrected chi connectivity index (χ2v) is 8.58. The number of nitrogens with zero attached hydrogens (tertiary/aromatic N) is 1. The van der Waals surface area contributed by atoms with E-state index in [1.807, 2.05) is 48.5 Å². The molecule has 8 heteroatoms. The fourth-order valence-corrected chi connectivity index (χ4v) is 5.08. The number of hydrogen-bond donors (Lipinski definition) is 2. The van der Waals surface area contributed by atoms with E-state index in [1.54, 1.807) is 12.1 Å². The zero-order valence-electron chi connectivity index (χ0n) is 18.4. The molecule has 1 aromatic heterocycles. The number of rotatable bonds is 4. The van der Waals surface area contributed by atoms with Crippen molar-refractivity contribution in [1.29, 1.82) is 0 Å². The fourth-order valence-electron chi connectivity index (χ4n) is 5.08. The van der Waals surface area contributed by atoms with Crippen molar-refractivity contribution in [2.45, 2.75) is 18.4 Å². The first-order valence-electron chi connectivity index (χ1n) is 11.0. The van der Waals surface area contributed by atoms with Crippen LogP contribution in [-0.4, -0.2) is 36.4 Å². The van der Waals surface area contributed by atoms with E-state index < -0.39 is 29.9 Å². The van der Waals surface area contributed by atoms with E-state index in [0.717, 1.165) is 32.4 Å². The summed E-state index contributed by atoms with van der Waals surface area (Å²) in [7, 11) is 1.51. The number of para-hydroxylation sites is 1. The van der Waals surface area contributed by atoms with Gasteiger partial charge in [-0.1, -0.05) is 42.5 Å². The molecule has 1 saturated heterocycles. The lowest BCUT2D eigenvalue weighted by Gasteiger charge is -2.22. The van der Waals surface area contributed by atoms with Crippen LogP contribution in [-0.2, 0) is 21.5 Å². The van der Waals surface area contributed by atoms with Crippen molar-refractivity contribution in [3.05, 3.63) is 71.8 Å². The van der Waals surface area contributed by atoms with Crippen molar-refractivity contribution in [3.8, 4) is 5.75 Å². The van der Waals surface area contributed by atoms with E-state index in [-0.39, 0.29) is 0 Å². The van der Waals surface area contributed by atoms with Gasteiger partial charge in [-0.25, -0.2) is 4.79 Å². The number of imide groups is 1. The zero-order valence-corrected chi connectivity index (χ0v) is 18.4. The third-order valence-electron chi connectivity index (χ3n) is 6.70. The maximum absolute atomic E-state index is 13.3. The molecule has 2 heterocycles. The van der Waals surface area contributed by atoms with E-state index in [4.69, 9.17) is 9.15 Å². The van der Waals surface area contributed by atoms with Gasteiger partial charge in [0.1, 0.15) is 29.0 Å². The summed E-state index contributed by atoms with van der Waals surface area (Å²) in [4.78, 5) is 39.9. The van der Waals surface area contributed by atoms with Crippen LogP contribution in [0.25, 0.3) is 21.9 Å². The van der Waals surface area contributed by atoms with Crippen molar-refractivity contribution in [2.24, 2.45) is 0 Å². The molecule has 1 fully saturated rings. The van der Waals surface area contributed by atoms with E-state index in [2.05, 4.69) is 10.6 Å². The van der Waals surface area contributed by atoms with Crippen LogP contribution in [0.1, 0.15) is 17.5 Å². The molecule has 0 unspecified atom stereocenters. The largest absolute Gasteiger partial charge is 0.495 e. The summed E-state index contributed by atoms with van der Waals surface area (Å²) in [5.74, 6) is -0.469. The molecule has 2 N–H and O–H groups in total. The predicted molar refractivity (Wildman–Crippen MR) is 126 cm³/mol. The molecule has 1 atom stereocenters. The highest BCUT2D eigenvalue weighted by Crippen LogP contribution is 2.41. The molecule has 0 bridgehead atoms. The molecule has 4 aromatic rings. The molecule has 1 spiro atoms. The van der Waals surface area contributed by atoms with Gasteiger partial charge in [-0.15, -0.1) is 0 Å². The third-order valence-corrected chi connectivity index (χ3v) is 6.70. The molecule has 3 aromatic carbocycles. The Bertz CT molecular complexity index is 1510. The fraction of sp³-hybridized carbons (Fsp3) is 0.192. The zero-order chi connectivity index (χ0) is 23.4. The molecule has 1 aliphatic carbocycles.